The molecule has 0 aliphatic heterocycles. The second-order valence-electron chi connectivity index (χ2n) is 4.33. The molecule has 0 bridgehead atoms. The Kier molecular flexibility index (Phi) is 4.07. The van der Waals surface area contributed by atoms with Crippen LogP contribution < -0.4 is 5.73 Å². The van der Waals surface area contributed by atoms with Gasteiger partial charge in [0.25, 0.3) is 0 Å². The molecule has 0 saturated carbocycles. The summed E-state index contributed by atoms with van der Waals surface area (Å²) in [6.45, 7) is 2.04. The van der Waals surface area contributed by atoms with Crippen molar-refractivity contribution in [1.82, 2.24) is 4.98 Å². The third kappa shape index (κ3) is 2.58. The molecule has 1 aromatic heterocycles. The van der Waals surface area contributed by atoms with Gasteiger partial charge in [-0.15, -0.1) is 0 Å². The van der Waals surface area contributed by atoms with Gasteiger partial charge in [-0.3, -0.25) is 4.98 Å². The summed E-state index contributed by atoms with van der Waals surface area (Å²) in [7, 11) is 1.68. The molecule has 0 saturated heterocycles. The molecule has 2 rings (SSSR count). The largest absolute Gasteiger partial charge is 0.375 e. The van der Waals surface area contributed by atoms with E-state index in [1.165, 1.54) is 0 Å². The third-order valence-corrected chi connectivity index (χ3v) is 3.15. The lowest BCUT2D eigenvalue weighted by molar-refractivity contribution is 0.0799. The van der Waals surface area contributed by atoms with Gasteiger partial charge in [0.15, 0.2) is 0 Å². The molecule has 0 amide bonds. The highest BCUT2D eigenvalue weighted by Gasteiger charge is 2.22. The van der Waals surface area contributed by atoms with E-state index >= 15 is 0 Å². The van der Waals surface area contributed by atoms with Crippen LogP contribution >= 0.6 is 0 Å². The van der Waals surface area contributed by atoms with Gasteiger partial charge in [0, 0.05) is 19.5 Å². The summed E-state index contributed by atoms with van der Waals surface area (Å²) < 4.78 is 5.55. The smallest absolute Gasteiger partial charge is 0.101 e. The maximum atomic E-state index is 6.32. The van der Waals surface area contributed by atoms with Gasteiger partial charge in [-0.2, -0.15) is 0 Å². The lowest BCUT2D eigenvalue weighted by Gasteiger charge is -2.24. The Morgan fingerprint density at radius 2 is 1.89 bits per heavy atom. The molecule has 3 nitrogen and oxygen atoms in total. The van der Waals surface area contributed by atoms with E-state index in [0.29, 0.717) is 0 Å². The highest BCUT2D eigenvalue weighted by Crippen LogP contribution is 2.30. The van der Waals surface area contributed by atoms with E-state index in [1.807, 2.05) is 49.5 Å². The number of aryl methyl sites for hydroxylation is 1. The van der Waals surface area contributed by atoms with E-state index in [1.54, 1.807) is 13.3 Å². The average molecular weight is 242 g/mol. The van der Waals surface area contributed by atoms with Crippen LogP contribution in [0.5, 0.6) is 0 Å². The fourth-order valence-electron chi connectivity index (χ4n) is 2.12. The Hall–Kier alpha value is -1.71. The summed E-state index contributed by atoms with van der Waals surface area (Å²) in [6.07, 6.45) is 3.43. The zero-order valence-corrected chi connectivity index (χ0v) is 10.7. The van der Waals surface area contributed by atoms with Crippen molar-refractivity contribution < 1.29 is 4.74 Å². The molecule has 3 heteroatoms. The molecular formula is C15H18N2O. The fraction of sp³-hybridized carbons (Fsp3) is 0.267. The molecule has 2 unspecified atom stereocenters. The van der Waals surface area contributed by atoms with Crippen molar-refractivity contribution in [1.29, 1.82) is 0 Å². The molecule has 94 valence electrons. The van der Waals surface area contributed by atoms with Crippen LogP contribution in [0.25, 0.3) is 0 Å². The highest BCUT2D eigenvalue weighted by atomic mass is 16.5. The quantitative estimate of drug-likeness (QED) is 0.896. The Morgan fingerprint density at radius 3 is 2.50 bits per heavy atom. The molecule has 0 aliphatic carbocycles. The maximum absolute atomic E-state index is 6.32. The van der Waals surface area contributed by atoms with Gasteiger partial charge < -0.3 is 10.5 Å². The summed E-state index contributed by atoms with van der Waals surface area (Å²) in [5.41, 5.74) is 9.55. The highest BCUT2D eigenvalue weighted by molar-refractivity contribution is 5.29. The van der Waals surface area contributed by atoms with E-state index in [-0.39, 0.29) is 12.1 Å². The van der Waals surface area contributed by atoms with Gasteiger partial charge in [-0.05, 0) is 29.7 Å². The lowest BCUT2D eigenvalue weighted by Crippen LogP contribution is -2.22. The van der Waals surface area contributed by atoms with Crippen molar-refractivity contribution in [3.05, 3.63) is 65.5 Å². The molecule has 0 fully saturated rings. The molecule has 1 heterocycles. The topological polar surface area (TPSA) is 48.1 Å². The van der Waals surface area contributed by atoms with Gasteiger partial charge in [0.05, 0.1) is 6.04 Å². The predicted molar refractivity (Wildman–Crippen MR) is 72.1 cm³/mol. The van der Waals surface area contributed by atoms with E-state index < -0.39 is 0 Å². The minimum absolute atomic E-state index is 0.158. The van der Waals surface area contributed by atoms with Crippen LogP contribution in [0.2, 0.25) is 0 Å². The predicted octanol–water partition coefficient (Wildman–Crippen LogP) is 2.78. The Bertz CT molecular complexity index is 499. The number of hydrogen-bond acceptors (Lipinski definition) is 3. The number of methoxy groups -OCH3 is 1. The number of nitrogens with two attached hydrogens (primary N) is 1. The SMILES string of the molecule is COC(c1ccccc1)C(N)c1cnccc1C. The number of aromatic nitrogens is 1. The van der Waals surface area contributed by atoms with Gasteiger partial charge in [0.2, 0.25) is 0 Å². The molecular weight excluding hydrogens is 224 g/mol. The number of hydrogen-bond donors (Lipinski definition) is 1. The Balaban J connectivity index is 2.32. The summed E-state index contributed by atoms with van der Waals surface area (Å²) in [4.78, 5) is 4.14. The molecule has 18 heavy (non-hydrogen) atoms. The zero-order chi connectivity index (χ0) is 13.0. The summed E-state index contributed by atoms with van der Waals surface area (Å²) in [6, 6.07) is 11.8. The summed E-state index contributed by atoms with van der Waals surface area (Å²) >= 11 is 0. The Morgan fingerprint density at radius 1 is 1.17 bits per heavy atom. The number of pyridine rings is 1. The molecule has 0 spiro atoms. The van der Waals surface area contributed by atoms with Crippen LogP contribution in [0, 0.1) is 6.92 Å². The van der Waals surface area contributed by atoms with Crippen LogP contribution in [0.1, 0.15) is 28.8 Å². The van der Waals surface area contributed by atoms with Gasteiger partial charge in [0.1, 0.15) is 6.10 Å². The standard InChI is InChI=1S/C15H18N2O/c1-11-8-9-17-10-13(11)14(16)15(18-2)12-6-4-3-5-7-12/h3-10,14-15H,16H2,1-2H3. The fourth-order valence-corrected chi connectivity index (χ4v) is 2.12. The zero-order valence-electron chi connectivity index (χ0n) is 10.7. The van der Waals surface area contributed by atoms with Crippen molar-refractivity contribution in [3.63, 3.8) is 0 Å². The van der Waals surface area contributed by atoms with Crippen molar-refractivity contribution in [2.45, 2.75) is 19.1 Å². The van der Waals surface area contributed by atoms with Gasteiger partial charge in [-0.1, -0.05) is 30.3 Å². The van der Waals surface area contributed by atoms with Crippen molar-refractivity contribution in [2.75, 3.05) is 7.11 Å². The average Bonchev–Trinajstić information content (AvgIpc) is 2.41. The Labute approximate surface area is 108 Å². The molecule has 2 aromatic rings. The number of benzene rings is 1. The third-order valence-electron chi connectivity index (χ3n) is 3.15. The molecule has 0 radical (unpaired) electrons. The van der Waals surface area contributed by atoms with Gasteiger partial charge in [-0.25, -0.2) is 0 Å². The molecule has 0 aliphatic rings. The van der Waals surface area contributed by atoms with Crippen LogP contribution in [-0.4, -0.2) is 12.1 Å². The molecule has 1 aromatic carbocycles. The first kappa shape index (κ1) is 12.7. The minimum atomic E-state index is -0.217. The first-order chi connectivity index (χ1) is 8.74. The van der Waals surface area contributed by atoms with Crippen molar-refractivity contribution in [3.8, 4) is 0 Å². The van der Waals surface area contributed by atoms with E-state index in [9.17, 15) is 0 Å². The molecule has 2 atom stereocenters. The summed E-state index contributed by atoms with van der Waals surface area (Å²) in [5.74, 6) is 0. The second-order valence-corrected chi connectivity index (χ2v) is 4.33. The van der Waals surface area contributed by atoms with E-state index in [4.69, 9.17) is 10.5 Å². The minimum Gasteiger partial charge on any atom is -0.375 e. The van der Waals surface area contributed by atoms with Crippen LogP contribution in [-0.2, 0) is 4.74 Å². The van der Waals surface area contributed by atoms with Gasteiger partial charge >= 0.3 is 0 Å². The normalized spacial score (nSPS) is 14.2. The maximum Gasteiger partial charge on any atom is 0.101 e. The van der Waals surface area contributed by atoms with E-state index in [2.05, 4.69) is 4.98 Å². The molecule has 2 N–H and O–H groups in total. The van der Waals surface area contributed by atoms with Crippen molar-refractivity contribution >= 4 is 0 Å². The van der Waals surface area contributed by atoms with Crippen LogP contribution in [0.4, 0.5) is 0 Å². The van der Waals surface area contributed by atoms with Crippen molar-refractivity contribution in [2.24, 2.45) is 5.73 Å². The first-order valence-electron chi connectivity index (χ1n) is 5.98. The summed E-state index contributed by atoms with van der Waals surface area (Å²) in [5, 5.41) is 0. The number of rotatable bonds is 4. The van der Waals surface area contributed by atoms with E-state index in [0.717, 1.165) is 16.7 Å². The van der Waals surface area contributed by atoms with Crippen LogP contribution in [0.15, 0.2) is 48.8 Å². The second kappa shape index (κ2) is 5.76. The number of nitrogens with zero attached hydrogens (tertiary/aromatic N) is 1. The first-order valence-corrected chi connectivity index (χ1v) is 5.98. The lowest BCUT2D eigenvalue weighted by atomic mass is 9.95. The monoisotopic (exact) mass is 242 g/mol. The van der Waals surface area contributed by atoms with Crippen LogP contribution in [0.3, 0.4) is 0 Å². The number of ether oxygens (including phenoxy) is 1.